The highest BCUT2D eigenvalue weighted by atomic mass is 14.9. The minimum atomic E-state index is 0.182. The van der Waals surface area contributed by atoms with E-state index < -0.39 is 0 Å². The molecule has 0 saturated carbocycles. The average molecular weight is 315 g/mol. The molecule has 0 aliphatic heterocycles. The molecule has 1 aliphatic rings. The van der Waals surface area contributed by atoms with E-state index in [2.05, 4.69) is 36.2 Å². The van der Waals surface area contributed by atoms with Crippen molar-refractivity contribution in [2.45, 2.75) is 13.3 Å². The average Bonchev–Trinajstić information content (AvgIpc) is 2.62. The van der Waals surface area contributed by atoms with E-state index in [9.17, 15) is 0 Å². The zero-order valence-electron chi connectivity index (χ0n) is 13.7. The summed E-state index contributed by atoms with van der Waals surface area (Å²) < 4.78 is 0. The van der Waals surface area contributed by atoms with Crippen LogP contribution in [0.3, 0.4) is 0 Å². The van der Waals surface area contributed by atoms with E-state index in [1.807, 2.05) is 48.5 Å². The molecule has 1 atom stereocenters. The molecular formula is C21H21N3. The van der Waals surface area contributed by atoms with Gasteiger partial charge in [0, 0.05) is 11.1 Å². The predicted octanol–water partition coefficient (Wildman–Crippen LogP) is 4.42. The second kappa shape index (κ2) is 7.09. The molecule has 1 unspecified atom stereocenters. The van der Waals surface area contributed by atoms with Crippen LogP contribution in [0.25, 0.3) is 5.57 Å². The molecule has 0 heterocycles. The maximum Gasteiger partial charge on any atom is 0.154 e. The van der Waals surface area contributed by atoms with Gasteiger partial charge in [-0.25, -0.2) is 4.99 Å². The van der Waals surface area contributed by atoms with Gasteiger partial charge in [0.2, 0.25) is 0 Å². The van der Waals surface area contributed by atoms with E-state index in [1.54, 1.807) is 0 Å². The molecule has 3 N–H and O–H groups in total. The number of amidine groups is 2. The van der Waals surface area contributed by atoms with Gasteiger partial charge in [-0.05, 0) is 29.6 Å². The smallest absolute Gasteiger partial charge is 0.154 e. The molecule has 3 rings (SSSR count). The Morgan fingerprint density at radius 1 is 1.04 bits per heavy atom. The van der Waals surface area contributed by atoms with Gasteiger partial charge in [0.25, 0.3) is 0 Å². The van der Waals surface area contributed by atoms with Crippen LogP contribution >= 0.6 is 0 Å². The van der Waals surface area contributed by atoms with Crippen LogP contribution in [-0.4, -0.2) is 11.7 Å². The van der Waals surface area contributed by atoms with Crippen LogP contribution in [0, 0.1) is 11.3 Å². The number of hydrogen-bond acceptors (Lipinski definition) is 1. The molecule has 2 aromatic rings. The van der Waals surface area contributed by atoms with Gasteiger partial charge in [0.1, 0.15) is 5.84 Å². The van der Waals surface area contributed by atoms with Crippen molar-refractivity contribution in [1.82, 2.24) is 0 Å². The number of nitrogens with one attached hydrogen (secondary N) is 1. The number of hydrogen-bond donors (Lipinski definition) is 2. The normalized spacial score (nSPS) is 17.9. The summed E-state index contributed by atoms with van der Waals surface area (Å²) in [7, 11) is 0. The Morgan fingerprint density at radius 2 is 1.67 bits per heavy atom. The summed E-state index contributed by atoms with van der Waals surface area (Å²) in [6.45, 7) is 2.17. The molecule has 24 heavy (non-hydrogen) atoms. The Bertz CT molecular complexity index is 815. The SMILES string of the molecule is CC1C=C(C(N)=NC(=N)c2ccccc2)C=C(c2ccccc2)C1. The first-order valence-corrected chi connectivity index (χ1v) is 8.10. The van der Waals surface area contributed by atoms with E-state index in [0.717, 1.165) is 17.6 Å². The highest BCUT2D eigenvalue weighted by Crippen LogP contribution is 2.29. The Hall–Kier alpha value is -2.94. The van der Waals surface area contributed by atoms with Crippen LogP contribution in [-0.2, 0) is 0 Å². The van der Waals surface area contributed by atoms with Crippen LogP contribution in [0.15, 0.2) is 83.4 Å². The lowest BCUT2D eigenvalue weighted by molar-refractivity contribution is 0.745. The van der Waals surface area contributed by atoms with Crippen LogP contribution < -0.4 is 5.73 Å². The number of benzene rings is 2. The van der Waals surface area contributed by atoms with E-state index in [0.29, 0.717) is 11.8 Å². The van der Waals surface area contributed by atoms with E-state index >= 15 is 0 Å². The second-order valence-corrected chi connectivity index (χ2v) is 6.05. The lowest BCUT2D eigenvalue weighted by Gasteiger charge is -2.19. The fourth-order valence-electron chi connectivity index (χ4n) is 2.87. The highest BCUT2D eigenvalue weighted by molar-refractivity contribution is 6.11. The number of nitrogens with zero attached hydrogens (tertiary/aromatic N) is 1. The van der Waals surface area contributed by atoms with Crippen LogP contribution in [0.4, 0.5) is 0 Å². The van der Waals surface area contributed by atoms with E-state index in [-0.39, 0.29) is 5.84 Å². The first kappa shape index (κ1) is 15.9. The molecule has 0 bridgehead atoms. The van der Waals surface area contributed by atoms with Gasteiger partial charge >= 0.3 is 0 Å². The summed E-state index contributed by atoms with van der Waals surface area (Å²) in [5.41, 5.74) is 10.3. The Morgan fingerprint density at radius 3 is 2.33 bits per heavy atom. The molecule has 0 spiro atoms. The summed E-state index contributed by atoms with van der Waals surface area (Å²) in [5, 5.41) is 8.13. The van der Waals surface area contributed by atoms with Crippen LogP contribution in [0.5, 0.6) is 0 Å². The third kappa shape index (κ3) is 3.69. The Kier molecular flexibility index (Phi) is 4.71. The Balaban J connectivity index is 1.88. The molecule has 0 saturated heterocycles. The second-order valence-electron chi connectivity index (χ2n) is 6.05. The predicted molar refractivity (Wildman–Crippen MR) is 101 cm³/mol. The van der Waals surface area contributed by atoms with Crippen molar-refractivity contribution in [3.63, 3.8) is 0 Å². The number of allylic oxidation sites excluding steroid dienone is 2. The van der Waals surface area contributed by atoms with E-state index in [4.69, 9.17) is 11.1 Å². The number of rotatable bonds is 3. The maximum atomic E-state index is 8.13. The lowest BCUT2D eigenvalue weighted by Crippen LogP contribution is -2.19. The zero-order valence-corrected chi connectivity index (χ0v) is 13.7. The van der Waals surface area contributed by atoms with Gasteiger partial charge in [-0.3, -0.25) is 5.41 Å². The highest BCUT2D eigenvalue weighted by Gasteiger charge is 2.15. The fourth-order valence-corrected chi connectivity index (χ4v) is 2.87. The Labute approximate surface area is 142 Å². The van der Waals surface area contributed by atoms with Gasteiger partial charge in [-0.15, -0.1) is 0 Å². The lowest BCUT2D eigenvalue weighted by atomic mass is 9.87. The largest absolute Gasteiger partial charge is 0.383 e. The number of aliphatic imine (C=N–C) groups is 1. The monoisotopic (exact) mass is 315 g/mol. The number of nitrogens with two attached hydrogens (primary N) is 1. The quantitative estimate of drug-likeness (QED) is 0.639. The van der Waals surface area contributed by atoms with Crippen molar-refractivity contribution >= 4 is 17.2 Å². The summed E-state index contributed by atoms with van der Waals surface area (Å²) in [6, 6.07) is 19.8. The van der Waals surface area contributed by atoms with Crippen molar-refractivity contribution in [3.05, 3.63) is 89.5 Å². The summed E-state index contributed by atoms with van der Waals surface area (Å²) in [4.78, 5) is 4.30. The standard InChI is InChI=1S/C21H21N3/c1-15-12-18(16-8-4-2-5-9-16)14-19(13-15)21(23)24-20(22)17-10-6-3-7-11-17/h2-11,13-15H,12H2,1H3,(H3,22,23,24). The summed E-state index contributed by atoms with van der Waals surface area (Å²) in [5.74, 6) is 0.964. The fraction of sp³-hybridized carbons (Fsp3) is 0.143. The van der Waals surface area contributed by atoms with Crippen molar-refractivity contribution in [1.29, 1.82) is 5.41 Å². The van der Waals surface area contributed by atoms with Gasteiger partial charge in [0.05, 0.1) is 0 Å². The van der Waals surface area contributed by atoms with Crippen molar-refractivity contribution < 1.29 is 0 Å². The zero-order chi connectivity index (χ0) is 16.9. The molecule has 0 aromatic heterocycles. The molecule has 3 nitrogen and oxygen atoms in total. The van der Waals surface area contributed by atoms with Crippen LogP contribution in [0.1, 0.15) is 24.5 Å². The topological polar surface area (TPSA) is 62.2 Å². The molecule has 0 radical (unpaired) electrons. The first-order chi connectivity index (χ1) is 11.6. The molecule has 2 aromatic carbocycles. The summed E-state index contributed by atoms with van der Waals surface area (Å²) >= 11 is 0. The summed E-state index contributed by atoms with van der Waals surface area (Å²) in [6.07, 6.45) is 5.20. The third-order valence-electron chi connectivity index (χ3n) is 4.06. The maximum absolute atomic E-state index is 8.13. The molecular weight excluding hydrogens is 294 g/mol. The first-order valence-electron chi connectivity index (χ1n) is 8.10. The van der Waals surface area contributed by atoms with Gasteiger partial charge in [0.15, 0.2) is 5.84 Å². The van der Waals surface area contributed by atoms with Gasteiger partial charge in [-0.1, -0.05) is 73.7 Å². The minimum absolute atomic E-state index is 0.182. The molecule has 3 heteroatoms. The molecule has 0 amide bonds. The molecule has 1 aliphatic carbocycles. The third-order valence-corrected chi connectivity index (χ3v) is 4.06. The minimum Gasteiger partial charge on any atom is -0.383 e. The molecule has 0 fully saturated rings. The molecule has 120 valence electrons. The van der Waals surface area contributed by atoms with Gasteiger partial charge in [-0.2, -0.15) is 0 Å². The van der Waals surface area contributed by atoms with Crippen molar-refractivity contribution in [2.75, 3.05) is 0 Å². The van der Waals surface area contributed by atoms with E-state index in [1.165, 1.54) is 11.1 Å². The van der Waals surface area contributed by atoms with Crippen molar-refractivity contribution in [3.8, 4) is 0 Å². The van der Waals surface area contributed by atoms with Gasteiger partial charge < -0.3 is 5.73 Å². The van der Waals surface area contributed by atoms with Crippen LogP contribution in [0.2, 0.25) is 0 Å². The van der Waals surface area contributed by atoms with Crippen molar-refractivity contribution in [2.24, 2.45) is 16.6 Å².